The minimum Gasteiger partial charge on any atom is -0.493 e. The number of hydrogen-bond donors (Lipinski definition) is 1. The van der Waals surface area contributed by atoms with E-state index in [4.69, 9.17) is 26.8 Å². The summed E-state index contributed by atoms with van der Waals surface area (Å²) in [6.45, 7) is 1.67. The number of ether oxygens (including phenoxy) is 2. The number of hydrogen-bond acceptors (Lipinski definition) is 4. The predicted octanol–water partition coefficient (Wildman–Crippen LogP) is 4.53. The Kier molecular flexibility index (Phi) is 7.71. The van der Waals surface area contributed by atoms with E-state index in [0.29, 0.717) is 48.3 Å². The van der Waals surface area contributed by atoms with Crippen LogP contribution in [0, 0.1) is 0 Å². The molecule has 0 fully saturated rings. The number of benzene rings is 3. The Morgan fingerprint density at radius 1 is 0.967 bits per heavy atom. The maximum absolute atomic E-state index is 13.1. The third-order valence-electron chi connectivity index (χ3n) is 4.62. The number of carbonyl (C=O) groups excluding carboxylic acids is 1. The molecule has 2 N–H and O–H groups in total. The molecule has 0 heterocycles. The Morgan fingerprint density at radius 3 is 2.37 bits per heavy atom. The van der Waals surface area contributed by atoms with Crippen molar-refractivity contribution in [2.45, 2.75) is 13.2 Å². The molecule has 0 aromatic heterocycles. The summed E-state index contributed by atoms with van der Waals surface area (Å²) in [5.41, 5.74) is 8.29. The van der Waals surface area contributed by atoms with Gasteiger partial charge in [-0.15, -0.1) is 0 Å². The lowest BCUT2D eigenvalue weighted by molar-refractivity contribution is 0.0748. The van der Waals surface area contributed by atoms with Crippen LogP contribution in [0.4, 0.5) is 0 Å². The zero-order valence-corrected chi connectivity index (χ0v) is 17.6. The van der Waals surface area contributed by atoms with Crippen LogP contribution in [0.15, 0.2) is 72.8 Å². The Hall–Kier alpha value is -3.02. The van der Waals surface area contributed by atoms with Crippen molar-refractivity contribution in [3.63, 3.8) is 0 Å². The molecule has 0 unspecified atom stereocenters. The van der Waals surface area contributed by atoms with Crippen molar-refractivity contribution in [1.82, 2.24) is 4.90 Å². The van der Waals surface area contributed by atoms with Gasteiger partial charge in [-0.3, -0.25) is 4.79 Å². The highest BCUT2D eigenvalue weighted by Gasteiger charge is 2.18. The van der Waals surface area contributed by atoms with Crippen molar-refractivity contribution in [3.05, 3.63) is 94.5 Å². The first kappa shape index (κ1) is 21.7. The van der Waals surface area contributed by atoms with E-state index < -0.39 is 0 Å². The monoisotopic (exact) mass is 424 g/mol. The van der Waals surface area contributed by atoms with Gasteiger partial charge in [-0.05, 0) is 41.5 Å². The third kappa shape index (κ3) is 5.75. The number of methoxy groups -OCH3 is 1. The molecule has 5 nitrogen and oxygen atoms in total. The first-order chi connectivity index (χ1) is 14.6. The van der Waals surface area contributed by atoms with Gasteiger partial charge in [0.2, 0.25) is 0 Å². The Morgan fingerprint density at radius 2 is 1.70 bits per heavy atom. The van der Waals surface area contributed by atoms with Gasteiger partial charge in [0.25, 0.3) is 5.91 Å². The predicted molar refractivity (Wildman–Crippen MR) is 119 cm³/mol. The zero-order chi connectivity index (χ0) is 21.3. The Balaban J connectivity index is 1.75. The lowest BCUT2D eigenvalue weighted by atomic mass is 10.1. The maximum atomic E-state index is 13.1. The molecule has 156 valence electrons. The van der Waals surface area contributed by atoms with Crippen LogP contribution in [0.5, 0.6) is 11.5 Å². The van der Waals surface area contributed by atoms with Crippen LogP contribution in [-0.4, -0.2) is 31.0 Å². The van der Waals surface area contributed by atoms with E-state index in [1.165, 1.54) is 0 Å². The number of rotatable bonds is 9. The topological polar surface area (TPSA) is 64.8 Å². The van der Waals surface area contributed by atoms with Crippen LogP contribution in [0.2, 0.25) is 5.02 Å². The van der Waals surface area contributed by atoms with Crippen LogP contribution < -0.4 is 15.2 Å². The lowest BCUT2D eigenvalue weighted by Crippen LogP contribution is -2.34. The van der Waals surface area contributed by atoms with Crippen molar-refractivity contribution in [3.8, 4) is 11.5 Å². The van der Waals surface area contributed by atoms with Gasteiger partial charge in [-0.25, -0.2) is 0 Å². The number of nitrogens with zero attached hydrogens (tertiary/aromatic N) is 1. The average Bonchev–Trinajstić information content (AvgIpc) is 2.79. The fourth-order valence-electron chi connectivity index (χ4n) is 3.06. The molecule has 3 aromatic carbocycles. The molecule has 0 aliphatic heterocycles. The molecule has 3 rings (SSSR count). The minimum atomic E-state index is -0.122. The Labute approximate surface area is 182 Å². The van der Waals surface area contributed by atoms with E-state index in [2.05, 4.69) is 0 Å². The molecule has 1 amide bonds. The number of nitrogens with two attached hydrogens (primary N) is 1. The SMILES string of the molecule is COc1cc(C(=O)N(CCN)Cc2ccc(Cl)cc2)ccc1OCc1ccccc1. The smallest absolute Gasteiger partial charge is 0.254 e. The average molecular weight is 425 g/mol. The molecular formula is C24H25ClN2O3. The molecule has 0 aliphatic rings. The van der Waals surface area contributed by atoms with Gasteiger partial charge < -0.3 is 20.1 Å². The summed E-state index contributed by atoms with van der Waals surface area (Å²) in [6.07, 6.45) is 0. The van der Waals surface area contributed by atoms with Crippen molar-refractivity contribution < 1.29 is 14.3 Å². The third-order valence-corrected chi connectivity index (χ3v) is 4.87. The van der Waals surface area contributed by atoms with E-state index in [1.54, 1.807) is 30.2 Å². The molecule has 0 spiro atoms. The lowest BCUT2D eigenvalue weighted by Gasteiger charge is -2.23. The highest BCUT2D eigenvalue weighted by molar-refractivity contribution is 6.30. The van der Waals surface area contributed by atoms with Crippen LogP contribution in [0.25, 0.3) is 0 Å². The van der Waals surface area contributed by atoms with Gasteiger partial charge in [-0.1, -0.05) is 54.1 Å². The van der Waals surface area contributed by atoms with Gasteiger partial charge >= 0.3 is 0 Å². The summed E-state index contributed by atoms with van der Waals surface area (Å²) in [5.74, 6) is 0.972. The molecule has 3 aromatic rings. The molecule has 0 radical (unpaired) electrons. The summed E-state index contributed by atoms with van der Waals surface area (Å²) in [7, 11) is 1.56. The second-order valence-electron chi connectivity index (χ2n) is 6.78. The fraction of sp³-hybridized carbons (Fsp3) is 0.208. The highest BCUT2D eigenvalue weighted by Crippen LogP contribution is 2.29. The molecule has 0 atom stereocenters. The molecule has 0 saturated carbocycles. The second kappa shape index (κ2) is 10.7. The first-order valence-corrected chi connectivity index (χ1v) is 10.1. The van der Waals surface area contributed by atoms with Crippen LogP contribution >= 0.6 is 11.6 Å². The van der Waals surface area contributed by atoms with Crippen LogP contribution in [0.3, 0.4) is 0 Å². The molecule has 0 aliphatic carbocycles. The summed E-state index contributed by atoms with van der Waals surface area (Å²) in [6, 6.07) is 22.5. The van der Waals surface area contributed by atoms with E-state index in [0.717, 1.165) is 11.1 Å². The normalized spacial score (nSPS) is 10.5. The van der Waals surface area contributed by atoms with Crippen molar-refractivity contribution >= 4 is 17.5 Å². The quantitative estimate of drug-likeness (QED) is 0.548. The number of carbonyl (C=O) groups is 1. The van der Waals surface area contributed by atoms with Crippen molar-refractivity contribution in [1.29, 1.82) is 0 Å². The molecule has 0 saturated heterocycles. The van der Waals surface area contributed by atoms with Crippen molar-refractivity contribution in [2.75, 3.05) is 20.2 Å². The van der Waals surface area contributed by atoms with Gasteiger partial charge in [0.1, 0.15) is 6.61 Å². The maximum Gasteiger partial charge on any atom is 0.254 e. The largest absolute Gasteiger partial charge is 0.493 e. The first-order valence-electron chi connectivity index (χ1n) is 9.69. The van der Waals surface area contributed by atoms with Crippen LogP contribution in [-0.2, 0) is 13.2 Å². The summed E-state index contributed by atoms with van der Waals surface area (Å²) in [5, 5.41) is 0.659. The van der Waals surface area contributed by atoms with Crippen LogP contribution in [0.1, 0.15) is 21.5 Å². The van der Waals surface area contributed by atoms with Crippen molar-refractivity contribution in [2.24, 2.45) is 5.73 Å². The Bertz CT molecular complexity index is 962. The molecule has 30 heavy (non-hydrogen) atoms. The molecular weight excluding hydrogens is 400 g/mol. The molecule has 0 bridgehead atoms. The number of halogens is 1. The highest BCUT2D eigenvalue weighted by atomic mass is 35.5. The standard InChI is InChI=1S/C24H25ClN2O3/c1-29-23-15-20(9-12-22(23)30-17-19-5-3-2-4-6-19)24(28)27(14-13-26)16-18-7-10-21(25)11-8-18/h2-12,15H,13-14,16-17,26H2,1H3. The van der Waals surface area contributed by atoms with E-state index >= 15 is 0 Å². The van der Waals surface area contributed by atoms with Gasteiger partial charge in [0.05, 0.1) is 7.11 Å². The van der Waals surface area contributed by atoms with E-state index in [-0.39, 0.29) is 5.91 Å². The van der Waals surface area contributed by atoms with E-state index in [9.17, 15) is 4.79 Å². The zero-order valence-electron chi connectivity index (χ0n) is 16.9. The minimum absolute atomic E-state index is 0.122. The summed E-state index contributed by atoms with van der Waals surface area (Å²) in [4.78, 5) is 14.8. The van der Waals surface area contributed by atoms with Gasteiger partial charge in [0.15, 0.2) is 11.5 Å². The molecule has 6 heteroatoms. The van der Waals surface area contributed by atoms with Gasteiger partial charge in [-0.2, -0.15) is 0 Å². The summed E-state index contributed by atoms with van der Waals surface area (Å²) < 4.78 is 11.3. The van der Waals surface area contributed by atoms with Gasteiger partial charge in [0, 0.05) is 30.2 Å². The fourth-order valence-corrected chi connectivity index (χ4v) is 3.18. The van der Waals surface area contributed by atoms with E-state index in [1.807, 2.05) is 54.6 Å². The number of amides is 1. The second-order valence-corrected chi connectivity index (χ2v) is 7.22. The summed E-state index contributed by atoms with van der Waals surface area (Å²) >= 11 is 5.95.